The van der Waals surface area contributed by atoms with E-state index < -0.39 is 9.84 Å². The predicted molar refractivity (Wildman–Crippen MR) is 85.7 cm³/mol. The molecule has 1 aliphatic carbocycles. The highest BCUT2D eigenvalue weighted by molar-refractivity contribution is 7.91. The molecule has 1 unspecified atom stereocenters. The zero-order valence-electron chi connectivity index (χ0n) is 12.6. The Morgan fingerprint density at radius 2 is 1.96 bits per heavy atom. The third kappa shape index (κ3) is 2.88. The highest BCUT2D eigenvalue weighted by atomic mass is 32.2. The molecule has 4 rings (SSSR count). The molecule has 0 amide bonds. The number of hydrogen-bond donors (Lipinski definition) is 0. The molecule has 1 saturated carbocycles. The Labute approximate surface area is 133 Å². The Morgan fingerprint density at radius 3 is 2.65 bits per heavy atom. The zero-order chi connectivity index (χ0) is 16.0. The summed E-state index contributed by atoms with van der Waals surface area (Å²) in [5, 5.41) is 8.66. The smallest absolute Gasteiger partial charge is 0.277 e. The van der Waals surface area contributed by atoms with E-state index in [1.807, 2.05) is 6.07 Å². The number of sulfone groups is 1. The van der Waals surface area contributed by atoms with Gasteiger partial charge in [0.05, 0.1) is 23.6 Å². The molecule has 1 atom stereocenters. The van der Waals surface area contributed by atoms with Crippen molar-refractivity contribution < 1.29 is 8.42 Å². The summed E-state index contributed by atoms with van der Waals surface area (Å²) in [6.07, 6.45) is 2.73. The van der Waals surface area contributed by atoms with Crippen LogP contribution >= 0.6 is 0 Å². The molecule has 0 N–H and O–H groups in total. The lowest BCUT2D eigenvalue weighted by Gasteiger charge is -2.27. The van der Waals surface area contributed by atoms with Gasteiger partial charge in [-0.15, -0.1) is 5.10 Å². The maximum atomic E-state index is 12.6. The number of rotatable bonds is 4. The Balaban J connectivity index is 1.65. The number of aromatic nitrogens is 3. The molecule has 1 aromatic heterocycles. The van der Waals surface area contributed by atoms with Crippen LogP contribution in [-0.2, 0) is 16.5 Å². The van der Waals surface area contributed by atoms with E-state index in [1.54, 1.807) is 18.2 Å². The highest BCUT2D eigenvalue weighted by Crippen LogP contribution is 2.32. The normalized spacial score (nSPS) is 23.6. The molecule has 2 fully saturated rings. The van der Waals surface area contributed by atoms with Crippen molar-refractivity contribution in [1.29, 1.82) is 0 Å². The second-order valence-electron chi connectivity index (χ2n) is 6.35. The van der Waals surface area contributed by atoms with Crippen molar-refractivity contribution in [2.45, 2.75) is 38.0 Å². The lowest BCUT2D eigenvalue weighted by atomic mass is 10.2. The largest absolute Gasteiger partial charge is 0.278 e. The van der Waals surface area contributed by atoms with Crippen LogP contribution in [-0.4, -0.2) is 51.9 Å². The van der Waals surface area contributed by atoms with Gasteiger partial charge in [0.15, 0.2) is 9.84 Å². The molecule has 0 spiro atoms. The summed E-state index contributed by atoms with van der Waals surface area (Å²) in [6, 6.07) is 7.46. The van der Waals surface area contributed by atoms with Gasteiger partial charge in [0, 0.05) is 12.1 Å². The molecule has 1 aliphatic heterocycles. The summed E-state index contributed by atoms with van der Waals surface area (Å²) in [4.78, 5) is 14.7. The maximum absolute atomic E-state index is 12.6. The third-order valence-electron chi connectivity index (χ3n) is 4.62. The van der Waals surface area contributed by atoms with Crippen LogP contribution in [0.15, 0.2) is 29.1 Å². The SMILES string of the molecule is O=c1c2ccccc2nnn1CN(C1CC1)C1CCS(=O)(=O)C1. The van der Waals surface area contributed by atoms with Crippen LogP contribution in [0.2, 0.25) is 0 Å². The first-order valence-electron chi connectivity index (χ1n) is 7.82. The molecule has 0 bridgehead atoms. The topological polar surface area (TPSA) is 85.2 Å². The van der Waals surface area contributed by atoms with Crippen LogP contribution in [0.5, 0.6) is 0 Å². The molecule has 2 heterocycles. The van der Waals surface area contributed by atoms with Gasteiger partial charge in [0.2, 0.25) is 0 Å². The fourth-order valence-electron chi connectivity index (χ4n) is 3.24. The van der Waals surface area contributed by atoms with Crippen LogP contribution in [0.4, 0.5) is 0 Å². The summed E-state index contributed by atoms with van der Waals surface area (Å²) < 4.78 is 24.9. The fourth-order valence-corrected chi connectivity index (χ4v) is 4.99. The molecule has 2 aliphatic rings. The van der Waals surface area contributed by atoms with Crippen LogP contribution in [0, 0.1) is 0 Å². The number of benzene rings is 1. The zero-order valence-corrected chi connectivity index (χ0v) is 13.4. The Bertz CT molecular complexity index is 904. The average molecular weight is 334 g/mol. The predicted octanol–water partition coefficient (Wildman–Crippen LogP) is 0.400. The monoisotopic (exact) mass is 334 g/mol. The minimum atomic E-state index is -2.95. The van der Waals surface area contributed by atoms with E-state index in [0.29, 0.717) is 30.0 Å². The van der Waals surface area contributed by atoms with Gasteiger partial charge in [-0.1, -0.05) is 17.3 Å². The molecule has 7 nitrogen and oxygen atoms in total. The first kappa shape index (κ1) is 14.8. The quantitative estimate of drug-likeness (QED) is 0.805. The van der Waals surface area contributed by atoms with Gasteiger partial charge in [-0.05, 0) is 31.4 Å². The third-order valence-corrected chi connectivity index (χ3v) is 6.37. The van der Waals surface area contributed by atoms with Crippen LogP contribution in [0.3, 0.4) is 0 Å². The van der Waals surface area contributed by atoms with Gasteiger partial charge in [-0.2, -0.15) is 4.68 Å². The van der Waals surface area contributed by atoms with E-state index >= 15 is 0 Å². The highest BCUT2D eigenvalue weighted by Gasteiger charge is 2.39. The van der Waals surface area contributed by atoms with Crippen LogP contribution < -0.4 is 5.56 Å². The van der Waals surface area contributed by atoms with Crippen molar-refractivity contribution in [3.63, 3.8) is 0 Å². The molecular formula is C15H18N4O3S. The van der Waals surface area contributed by atoms with E-state index in [9.17, 15) is 13.2 Å². The molecule has 23 heavy (non-hydrogen) atoms. The molecular weight excluding hydrogens is 316 g/mol. The van der Waals surface area contributed by atoms with Gasteiger partial charge in [-0.25, -0.2) is 8.42 Å². The second-order valence-corrected chi connectivity index (χ2v) is 8.58. The molecule has 0 radical (unpaired) electrons. The van der Waals surface area contributed by atoms with Crippen molar-refractivity contribution in [2.24, 2.45) is 0 Å². The van der Waals surface area contributed by atoms with Gasteiger partial charge in [0.1, 0.15) is 5.52 Å². The van der Waals surface area contributed by atoms with Crippen molar-refractivity contribution >= 4 is 20.7 Å². The fraction of sp³-hybridized carbons (Fsp3) is 0.533. The first-order valence-corrected chi connectivity index (χ1v) is 9.64. The summed E-state index contributed by atoms with van der Waals surface area (Å²) in [6.45, 7) is 0.307. The minimum absolute atomic E-state index is 0.0207. The van der Waals surface area contributed by atoms with Crippen molar-refractivity contribution in [1.82, 2.24) is 19.9 Å². The standard InChI is InChI=1S/C15H18N4O3S/c20-15-13-3-1-2-4-14(13)16-17-19(15)10-18(11-5-6-11)12-7-8-23(21,22)9-12/h1-4,11-12H,5-10H2. The van der Waals surface area contributed by atoms with Gasteiger partial charge in [0.25, 0.3) is 5.56 Å². The maximum Gasteiger partial charge on any atom is 0.278 e. The summed E-state index contributed by atoms with van der Waals surface area (Å²) in [5.41, 5.74) is 0.400. The first-order chi connectivity index (χ1) is 11.0. The molecule has 2 aromatic rings. The van der Waals surface area contributed by atoms with E-state index in [4.69, 9.17) is 0 Å². The molecule has 122 valence electrons. The van der Waals surface area contributed by atoms with Gasteiger partial charge >= 0.3 is 0 Å². The van der Waals surface area contributed by atoms with E-state index in [0.717, 1.165) is 12.8 Å². The van der Waals surface area contributed by atoms with Crippen LogP contribution in [0.1, 0.15) is 19.3 Å². The van der Waals surface area contributed by atoms with E-state index in [-0.39, 0.29) is 23.1 Å². The van der Waals surface area contributed by atoms with Crippen LogP contribution in [0.25, 0.3) is 10.9 Å². The lowest BCUT2D eigenvalue weighted by Crippen LogP contribution is -2.42. The lowest BCUT2D eigenvalue weighted by molar-refractivity contribution is 0.141. The van der Waals surface area contributed by atoms with E-state index in [2.05, 4.69) is 15.2 Å². The summed E-state index contributed by atoms with van der Waals surface area (Å²) in [5.74, 6) is 0.415. The Kier molecular flexibility index (Phi) is 3.46. The molecule has 1 saturated heterocycles. The average Bonchev–Trinajstić information content (AvgIpc) is 3.30. The Morgan fingerprint density at radius 1 is 1.17 bits per heavy atom. The van der Waals surface area contributed by atoms with Crippen molar-refractivity contribution in [2.75, 3.05) is 11.5 Å². The number of fused-ring (bicyclic) bond motifs is 1. The van der Waals surface area contributed by atoms with Crippen molar-refractivity contribution in [3.8, 4) is 0 Å². The van der Waals surface area contributed by atoms with E-state index in [1.165, 1.54) is 4.68 Å². The Hall–Kier alpha value is -1.80. The summed E-state index contributed by atoms with van der Waals surface area (Å²) in [7, 11) is -2.95. The van der Waals surface area contributed by atoms with Gasteiger partial charge < -0.3 is 0 Å². The minimum Gasteiger partial charge on any atom is -0.277 e. The molecule has 8 heteroatoms. The molecule has 1 aromatic carbocycles. The van der Waals surface area contributed by atoms with Gasteiger partial charge in [-0.3, -0.25) is 9.69 Å². The number of nitrogens with zero attached hydrogens (tertiary/aromatic N) is 4. The second kappa shape index (κ2) is 5.38. The number of hydrogen-bond acceptors (Lipinski definition) is 6. The van der Waals surface area contributed by atoms with Crippen molar-refractivity contribution in [3.05, 3.63) is 34.6 Å². The summed E-state index contributed by atoms with van der Waals surface area (Å²) >= 11 is 0.